The van der Waals surface area contributed by atoms with Crippen molar-refractivity contribution in [1.29, 1.82) is 0 Å². The molecular weight excluding hydrogens is 440 g/mol. The fraction of sp³-hybridized carbons (Fsp3) is 0.296. The molecule has 5 rings (SSSR count). The predicted octanol–water partition coefficient (Wildman–Crippen LogP) is 2.32. The van der Waals surface area contributed by atoms with Gasteiger partial charge in [-0.15, -0.1) is 0 Å². The molecule has 0 amide bonds. The number of rotatable bonds is 6. The molecule has 0 bridgehead atoms. The molecule has 0 saturated carbocycles. The van der Waals surface area contributed by atoms with Gasteiger partial charge in [0.15, 0.2) is 11.2 Å². The number of piperazine rings is 1. The maximum atomic E-state index is 13.2. The van der Waals surface area contributed by atoms with Crippen LogP contribution in [0.5, 0.6) is 0 Å². The van der Waals surface area contributed by atoms with Crippen LogP contribution in [0.15, 0.2) is 76.3 Å². The van der Waals surface area contributed by atoms with Crippen molar-refractivity contribution in [2.75, 3.05) is 37.6 Å². The van der Waals surface area contributed by atoms with Crippen LogP contribution in [-0.2, 0) is 20.6 Å². The van der Waals surface area contributed by atoms with Crippen molar-refractivity contribution in [3.05, 3.63) is 98.7 Å². The van der Waals surface area contributed by atoms with Crippen molar-refractivity contribution >= 4 is 23.2 Å². The number of hydrogen-bond acceptors (Lipinski definition) is 5. The van der Waals surface area contributed by atoms with Gasteiger partial charge in [-0.2, -0.15) is 4.98 Å². The number of fused-ring (bicyclic) bond motifs is 1. The second kappa shape index (κ2) is 9.76. The summed E-state index contributed by atoms with van der Waals surface area (Å²) in [5.74, 6) is 0.738. The summed E-state index contributed by atoms with van der Waals surface area (Å²) in [5.41, 5.74) is 2.48. The van der Waals surface area contributed by atoms with Crippen LogP contribution in [0.1, 0.15) is 11.1 Å². The van der Waals surface area contributed by atoms with E-state index in [1.54, 1.807) is 7.05 Å². The molecule has 1 saturated heterocycles. The van der Waals surface area contributed by atoms with E-state index in [4.69, 9.17) is 4.98 Å². The summed E-state index contributed by atoms with van der Waals surface area (Å²) in [6.07, 6.45) is 4.36. The topological polar surface area (TPSA) is 68.3 Å². The van der Waals surface area contributed by atoms with Gasteiger partial charge < -0.3 is 4.90 Å². The number of imidazole rings is 1. The predicted molar refractivity (Wildman–Crippen MR) is 140 cm³/mol. The molecule has 1 aliphatic rings. The van der Waals surface area contributed by atoms with Gasteiger partial charge in [0, 0.05) is 46.8 Å². The lowest BCUT2D eigenvalue weighted by molar-refractivity contribution is 0.282. The third kappa shape index (κ3) is 4.57. The minimum atomic E-state index is -0.367. The number of benzene rings is 2. The standard InChI is InChI=1S/C27H30N6O2/c1-29-24-23(25(34)30(2)27(29)35)33(20-22-12-7-4-8-13-22)26(28-24)32-18-16-31(17-19-32)15-9-14-21-10-5-3-6-11-21/h3-14H,15-20H2,1-2H3. The number of nitrogens with zero attached hydrogens (tertiary/aromatic N) is 6. The Labute approximate surface area is 204 Å². The van der Waals surface area contributed by atoms with E-state index in [0.717, 1.165) is 48.8 Å². The summed E-state index contributed by atoms with van der Waals surface area (Å²) in [7, 11) is 3.19. The first-order valence-electron chi connectivity index (χ1n) is 11.9. The average Bonchev–Trinajstić information content (AvgIpc) is 3.27. The van der Waals surface area contributed by atoms with Gasteiger partial charge >= 0.3 is 5.69 Å². The number of anilines is 1. The van der Waals surface area contributed by atoms with E-state index < -0.39 is 0 Å². The highest BCUT2D eigenvalue weighted by atomic mass is 16.2. The van der Waals surface area contributed by atoms with E-state index in [9.17, 15) is 9.59 Å². The molecule has 3 heterocycles. The molecule has 1 aliphatic heterocycles. The van der Waals surface area contributed by atoms with Crippen molar-refractivity contribution in [3.8, 4) is 0 Å². The largest absolute Gasteiger partial charge is 0.340 e. The van der Waals surface area contributed by atoms with Gasteiger partial charge in [-0.25, -0.2) is 4.79 Å². The molecule has 8 heteroatoms. The van der Waals surface area contributed by atoms with Crippen LogP contribution in [-0.4, -0.2) is 56.3 Å². The van der Waals surface area contributed by atoms with Crippen LogP contribution in [0.2, 0.25) is 0 Å². The summed E-state index contributed by atoms with van der Waals surface area (Å²) in [5, 5.41) is 0. The molecular formula is C27H30N6O2. The minimum Gasteiger partial charge on any atom is -0.340 e. The van der Waals surface area contributed by atoms with Crippen molar-refractivity contribution in [2.45, 2.75) is 6.54 Å². The molecule has 0 atom stereocenters. The minimum absolute atomic E-state index is 0.317. The van der Waals surface area contributed by atoms with Gasteiger partial charge in [0.05, 0.1) is 6.54 Å². The van der Waals surface area contributed by atoms with Crippen molar-refractivity contribution < 1.29 is 0 Å². The molecule has 0 aliphatic carbocycles. The molecule has 35 heavy (non-hydrogen) atoms. The molecule has 8 nitrogen and oxygen atoms in total. The van der Waals surface area contributed by atoms with Crippen LogP contribution in [0.4, 0.5) is 5.95 Å². The highest BCUT2D eigenvalue weighted by Crippen LogP contribution is 2.22. The first-order chi connectivity index (χ1) is 17.0. The molecule has 0 N–H and O–H groups in total. The van der Waals surface area contributed by atoms with Crippen LogP contribution in [0.3, 0.4) is 0 Å². The van der Waals surface area contributed by atoms with Crippen LogP contribution in [0.25, 0.3) is 17.2 Å². The van der Waals surface area contributed by atoms with Gasteiger partial charge in [-0.1, -0.05) is 72.8 Å². The molecule has 4 aromatic rings. The Morgan fingerprint density at radius 3 is 2.20 bits per heavy atom. The van der Waals surface area contributed by atoms with Crippen LogP contribution in [0, 0.1) is 0 Å². The molecule has 180 valence electrons. The normalized spacial score (nSPS) is 14.9. The van der Waals surface area contributed by atoms with Gasteiger partial charge in [-0.05, 0) is 11.1 Å². The lowest BCUT2D eigenvalue weighted by Crippen LogP contribution is -2.47. The first kappa shape index (κ1) is 22.9. The monoisotopic (exact) mass is 470 g/mol. The van der Waals surface area contributed by atoms with E-state index in [2.05, 4.69) is 34.1 Å². The zero-order chi connectivity index (χ0) is 24.4. The highest BCUT2D eigenvalue weighted by molar-refractivity contribution is 5.75. The van der Waals surface area contributed by atoms with Gasteiger partial charge in [0.2, 0.25) is 5.95 Å². The third-order valence-electron chi connectivity index (χ3n) is 6.64. The summed E-state index contributed by atoms with van der Waals surface area (Å²) in [6.45, 7) is 4.78. The number of aromatic nitrogens is 4. The van der Waals surface area contributed by atoms with Gasteiger partial charge in [0.25, 0.3) is 5.56 Å². The van der Waals surface area contributed by atoms with Crippen molar-refractivity contribution in [1.82, 2.24) is 23.6 Å². The van der Waals surface area contributed by atoms with Crippen LogP contribution >= 0.6 is 0 Å². The fourth-order valence-corrected chi connectivity index (χ4v) is 4.62. The Kier molecular flexibility index (Phi) is 6.37. The third-order valence-corrected chi connectivity index (χ3v) is 6.64. The average molecular weight is 471 g/mol. The number of hydrogen-bond donors (Lipinski definition) is 0. The molecule has 2 aromatic carbocycles. The van der Waals surface area contributed by atoms with E-state index in [-0.39, 0.29) is 11.2 Å². The first-order valence-corrected chi connectivity index (χ1v) is 11.9. The maximum absolute atomic E-state index is 13.2. The zero-order valence-corrected chi connectivity index (χ0v) is 20.2. The zero-order valence-electron chi connectivity index (χ0n) is 20.2. The lowest BCUT2D eigenvalue weighted by atomic mass is 10.2. The van der Waals surface area contributed by atoms with Crippen molar-refractivity contribution in [3.63, 3.8) is 0 Å². The second-order valence-corrected chi connectivity index (χ2v) is 8.96. The van der Waals surface area contributed by atoms with Gasteiger partial charge in [-0.3, -0.25) is 23.4 Å². The molecule has 0 spiro atoms. The molecule has 2 aromatic heterocycles. The summed E-state index contributed by atoms with van der Waals surface area (Å²) >= 11 is 0. The van der Waals surface area contributed by atoms with E-state index in [1.807, 2.05) is 53.1 Å². The summed E-state index contributed by atoms with van der Waals surface area (Å²) in [4.78, 5) is 35.2. The van der Waals surface area contributed by atoms with E-state index >= 15 is 0 Å². The van der Waals surface area contributed by atoms with E-state index in [1.165, 1.54) is 17.2 Å². The maximum Gasteiger partial charge on any atom is 0.332 e. The molecule has 1 fully saturated rings. The fourth-order valence-electron chi connectivity index (χ4n) is 4.62. The van der Waals surface area contributed by atoms with Crippen LogP contribution < -0.4 is 16.1 Å². The summed E-state index contributed by atoms with van der Waals surface area (Å²) in [6, 6.07) is 20.4. The van der Waals surface area contributed by atoms with Crippen molar-refractivity contribution in [2.24, 2.45) is 14.1 Å². The Hall–Kier alpha value is -3.91. The molecule has 0 unspecified atom stereocenters. The van der Waals surface area contributed by atoms with E-state index in [0.29, 0.717) is 17.7 Å². The lowest BCUT2D eigenvalue weighted by Gasteiger charge is -2.35. The highest BCUT2D eigenvalue weighted by Gasteiger charge is 2.25. The Morgan fingerprint density at radius 1 is 0.857 bits per heavy atom. The van der Waals surface area contributed by atoms with Gasteiger partial charge in [0.1, 0.15) is 0 Å². The smallest absolute Gasteiger partial charge is 0.332 e. The second-order valence-electron chi connectivity index (χ2n) is 8.96. The Balaban J connectivity index is 1.42. The summed E-state index contributed by atoms with van der Waals surface area (Å²) < 4.78 is 4.59. The number of aryl methyl sites for hydroxylation is 1. The quantitative estimate of drug-likeness (QED) is 0.433. The Morgan fingerprint density at radius 2 is 1.51 bits per heavy atom. The molecule has 0 radical (unpaired) electrons. The SMILES string of the molecule is Cn1c(=O)c2c(nc(N3CCN(CC=Cc4ccccc4)CC3)n2Cc2ccccc2)n(C)c1=O. The Bertz CT molecular complexity index is 1460.